The monoisotopic (exact) mass is 269 g/mol. The number of ether oxygens (including phenoxy) is 1. The molecule has 2 aromatic rings. The molecule has 0 aliphatic carbocycles. The zero-order chi connectivity index (χ0) is 14.4. The first-order valence-electron chi connectivity index (χ1n) is 7.09. The molecule has 0 fully saturated rings. The van der Waals surface area contributed by atoms with Crippen molar-refractivity contribution in [2.45, 2.75) is 26.8 Å². The number of aryl methyl sites for hydroxylation is 2. The van der Waals surface area contributed by atoms with Crippen LogP contribution in [0.25, 0.3) is 0 Å². The zero-order valence-electron chi connectivity index (χ0n) is 12.6. The third kappa shape index (κ3) is 4.10. The van der Waals surface area contributed by atoms with Crippen molar-refractivity contribution in [3.05, 3.63) is 64.7 Å². The molecule has 2 nitrogen and oxygen atoms in total. The summed E-state index contributed by atoms with van der Waals surface area (Å²) in [5, 5.41) is 3.51. The standard InChI is InChI=1S/C18H23NO/c1-14-4-7-17(15(2)12-14)13-19-11-10-16-5-8-18(20-3)9-6-16/h4-9,12,19H,10-11,13H2,1-3H3. The van der Waals surface area contributed by atoms with Crippen molar-refractivity contribution in [2.75, 3.05) is 13.7 Å². The minimum Gasteiger partial charge on any atom is -0.497 e. The highest BCUT2D eigenvalue weighted by molar-refractivity contribution is 5.30. The van der Waals surface area contributed by atoms with Crippen LogP contribution in [-0.2, 0) is 13.0 Å². The van der Waals surface area contributed by atoms with Gasteiger partial charge in [-0.1, -0.05) is 35.9 Å². The molecule has 0 saturated carbocycles. The van der Waals surface area contributed by atoms with Gasteiger partial charge in [-0.25, -0.2) is 0 Å². The fourth-order valence-electron chi connectivity index (χ4n) is 2.29. The first kappa shape index (κ1) is 14.6. The van der Waals surface area contributed by atoms with E-state index in [1.807, 2.05) is 12.1 Å². The van der Waals surface area contributed by atoms with Crippen LogP contribution < -0.4 is 10.1 Å². The van der Waals surface area contributed by atoms with E-state index in [0.717, 1.165) is 25.3 Å². The second-order valence-corrected chi connectivity index (χ2v) is 5.20. The van der Waals surface area contributed by atoms with Crippen LogP contribution in [0.1, 0.15) is 22.3 Å². The molecule has 0 atom stereocenters. The number of methoxy groups -OCH3 is 1. The van der Waals surface area contributed by atoms with Gasteiger partial charge in [-0.05, 0) is 55.6 Å². The maximum atomic E-state index is 5.16. The highest BCUT2D eigenvalue weighted by atomic mass is 16.5. The van der Waals surface area contributed by atoms with Crippen molar-refractivity contribution in [3.63, 3.8) is 0 Å². The summed E-state index contributed by atoms with van der Waals surface area (Å²) in [6.07, 6.45) is 1.04. The molecule has 0 aliphatic heterocycles. The predicted octanol–water partition coefficient (Wildman–Crippen LogP) is 3.64. The van der Waals surface area contributed by atoms with Gasteiger partial charge in [0.2, 0.25) is 0 Å². The van der Waals surface area contributed by atoms with Gasteiger partial charge < -0.3 is 10.1 Å². The lowest BCUT2D eigenvalue weighted by Crippen LogP contribution is -2.17. The van der Waals surface area contributed by atoms with E-state index >= 15 is 0 Å². The van der Waals surface area contributed by atoms with Crippen LogP contribution in [0.5, 0.6) is 5.75 Å². The number of benzene rings is 2. The van der Waals surface area contributed by atoms with Crippen molar-refractivity contribution in [1.82, 2.24) is 5.32 Å². The minimum absolute atomic E-state index is 0.914. The third-order valence-electron chi connectivity index (χ3n) is 3.56. The predicted molar refractivity (Wildman–Crippen MR) is 84.3 cm³/mol. The van der Waals surface area contributed by atoms with Crippen LogP contribution in [0.4, 0.5) is 0 Å². The lowest BCUT2D eigenvalue weighted by Gasteiger charge is -2.09. The van der Waals surface area contributed by atoms with E-state index in [1.165, 1.54) is 22.3 Å². The molecule has 0 bridgehead atoms. The van der Waals surface area contributed by atoms with Crippen LogP contribution in [0.2, 0.25) is 0 Å². The number of rotatable bonds is 6. The number of hydrogen-bond donors (Lipinski definition) is 1. The summed E-state index contributed by atoms with van der Waals surface area (Å²) in [4.78, 5) is 0. The Kier molecular flexibility index (Phi) is 5.19. The molecule has 0 radical (unpaired) electrons. The Balaban J connectivity index is 1.78. The lowest BCUT2D eigenvalue weighted by atomic mass is 10.1. The normalized spacial score (nSPS) is 10.6. The summed E-state index contributed by atoms with van der Waals surface area (Å²) < 4.78 is 5.16. The van der Waals surface area contributed by atoms with E-state index in [2.05, 4.69) is 49.5 Å². The molecule has 0 saturated heterocycles. The van der Waals surface area contributed by atoms with Gasteiger partial charge in [0.05, 0.1) is 7.11 Å². The molecule has 0 heterocycles. The van der Waals surface area contributed by atoms with Gasteiger partial charge in [-0.3, -0.25) is 0 Å². The van der Waals surface area contributed by atoms with E-state index in [4.69, 9.17) is 4.74 Å². The molecule has 2 aromatic carbocycles. The van der Waals surface area contributed by atoms with E-state index in [1.54, 1.807) is 7.11 Å². The fraction of sp³-hybridized carbons (Fsp3) is 0.333. The van der Waals surface area contributed by atoms with Crippen LogP contribution in [0.15, 0.2) is 42.5 Å². The molecule has 106 valence electrons. The van der Waals surface area contributed by atoms with Crippen LogP contribution in [0, 0.1) is 13.8 Å². The summed E-state index contributed by atoms with van der Waals surface area (Å²) in [7, 11) is 1.69. The average Bonchev–Trinajstić information content (AvgIpc) is 2.46. The van der Waals surface area contributed by atoms with Crippen molar-refractivity contribution in [2.24, 2.45) is 0 Å². The third-order valence-corrected chi connectivity index (χ3v) is 3.56. The van der Waals surface area contributed by atoms with Crippen LogP contribution >= 0.6 is 0 Å². The first-order valence-corrected chi connectivity index (χ1v) is 7.09. The van der Waals surface area contributed by atoms with Gasteiger partial charge in [0.1, 0.15) is 5.75 Å². The van der Waals surface area contributed by atoms with Gasteiger partial charge in [0, 0.05) is 6.54 Å². The largest absolute Gasteiger partial charge is 0.497 e. The second-order valence-electron chi connectivity index (χ2n) is 5.20. The summed E-state index contributed by atoms with van der Waals surface area (Å²) >= 11 is 0. The maximum Gasteiger partial charge on any atom is 0.118 e. The zero-order valence-corrected chi connectivity index (χ0v) is 12.6. The minimum atomic E-state index is 0.914. The first-order chi connectivity index (χ1) is 9.69. The fourth-order valence-corrected chi connectivity index (χ4v) is 2.29. The summed E-state index contributed by atoms with van der Waals surface area (Å²) in [6, 6.07) is 14.9. The van der Waals surface area contributed by atoms with E-state index in [-0.39, 0.29) is 0 Å². The maximum absolute atomic E-state index is 5.16. The molecule has 1 N–H and O–H groups in total. The van der Waals surface area contributed by atoms with Crippen LogP contribution in [0.3, 0.4) is 0 Å². The molecule has 0 spiro atoms. The van der Waals surface area contributed by atoms with Crippen molar-refractivity contribution in [1.29, 1.82) is 0 Å². The van der Waals surface area contributed by atoms with Crippen molar-refractivity contribution < 1.29 is 4.74 Å². The van der Waals surface area contributed by atoms with Crippen molar-refractivity contribution >= 4 is 0 Å². The Bertz CT molecular complexity index is 546. The Morgan fingerprint density at radius 3 is 2.40 bits per heavy atom. The molecule has 2 heteroatoms. The molecule has 2 rings (SSSR count). The number of nitrogens with one attached hydrogen (secondary N) is 1. The number of hydrogen-bond acceptors (Lipinski definition) is 2. The highest BCUT2D eigenvalue weighted by Crippen LogP contribution is 2.12. The molecule has 0 aromatic heterocycles. The SMILES string of the molecule is COc1ccc(CCNCc2ccc(C)cc2C)cc1. The quantitative estimate of drug-likeness (QED) is 0.808. The topological polar surface area (TPSA) is 21.3 Å². The Morgan fingerprint density at radius 1 is 1.00 bits per heavy atom. The molecule has 0 unspecified atom stereocenters. The van der Waals surface area contributed by atoms with Gasteiger partial charge in [0.25, 0.3) is 0 Å². The summed E-state index contributed by atoms with van der Waals surface area (Å²) in [5.74, 6) is 0.914. The summed E-state index contributed by atoms with van der Waals surface area (Å²) in [6.45, 7) is 6.23. The molecular formula is C18H23NO. The van der Waals surface area contributed by atoms with Gasteiger partial charge in [-0.15, -0.1) is 0 Å². The molecule has 0 aliphatic rings. The van der Waals surface area contributed by atoms with Gasteiger partial charge >= 0.3 is 0 Å². The molecule has 20 heavy (non-hydrogen) atoms. The highest BCUT2D eigenvalue weighted by Gasteiger charge is 1.99. The van der Waals surface area contributed by atoms with Gasteiger partial charge in [0.15, 0.2) is 0 Å². The van der Waals surface area contributed by atoms with Gasteiger partial charge in [-0.2, -0.15) is 0 Å². The molecular weight excluding hydrogens is 246 g/mol. The Morgan fingerprint density at radius 2 is 1.75 bits per heavy atom. The second kappa shape index (κ2) is 7.11. The van der Waals surface area contributed by atoms with E-state index in [9.17, 15) is 0 Å². The smallest absolute Gasteiger partial charge is 0.118 e. The lowest BCUT2D eigenvalue weighted by molar-refractivity contribution is 0.414. The van der Waals surface area contributed by atoms with Crippen LogP contribution in [-0.4, -0.2) is 13.7 Å². The van der Waals surface area contributed by atoms with E-state index in [0.29, 0.717) is 0 Å². The van der Waals surface area contributed by atoms with E-state index < -0.39 is 0 Å². The Labute approximate surface area is 121 Å². The summed E-state index contributed by atoms with van der Waals surface area (Å²) in [5.41, 5.74) is 5.40. The Hall–Kier alpha value is -1.80. The average molecular weight is 269 g/mol. The molecule has 0 amide bonds. The van der Waals surface area contributed by atoms with Crippen molar-refractivity contribution in [3.8, 4) is 5.75 Å².